The zero-order chi connectivity index (χ0) is 20.4. The summed E-state index contributed by atoms with van der Waals surface area (Å²) in [4.78, 5) is 42.3. The number of aromatic nitrogens is 2. The van der Waals surface area contributed by atoms with Gasteiger partial charge >= 0.3 is 6.03 Å². The van der Waals surface area contributed by atoms with Gasteiger partial charge in [-0.2, -0.15) is 0 Å². The summed E-state index contributed by atoms with van der Waals surface area (Å²) in [6.07, 6.45) is 6.17. The maximum Gasteiger partial charge on any atom is 0.336 e. The third kappa shape index (κ3) is 3.39. The van der Waals surface area contributed by atoms with E-state index in [-0.39, 0.29) is 11.3 Å². The first-order valence-corrected chi connectivity index (χ1v) is 8.72. The quantitative estimate of drug-likeness (QED) is 0.548. The normalized spacial score (nSPS) is 15.6. The van der Waals surface area contributed by atoms with Crippen LogP contribution in [0.4, 0.5) is 10.5 Å². The fourth-order valence-electron chi connectivity index (χ4n) is 3.02. The molecule has 3 aromatic rings. The second kappa shape index (κ2) is 7.43. The first-order valence-electron chi connectivity index (χ1n) is 8.72. The van der Waals surface area contributed by atoms with Crippen molar-refractivity contribution in [3.8, 4) is 11.4 Å². The number of methoxy groups -OCH3 is 1. The lowest BCUT2D eigenvalue weighted by Gasteiger charge is -2.26. The zero-order valence-electron chi connectivity index (χ0n) is 15.4. The molecule has 29 heavy (non-hydrogen) atoms. The summed E-state index contributed by atoms with van der Waals surface area (Å²) in [5, 5.41) is 2.20. The average Bonchev–Trinajstić information content (AvgIpc) is 3.20. The number of benzene rings is 1. The van der Waals surface area contributed by atoms with E-state index in [0.717, 1.165) is 10.6 Å². The van der Waals surface area contributed by atoms with E-state index >= 15 is 0 Å². The van der Waals surface area contributed by atoms with Crippen molar-refractivity contribution in [3.63, 3.8) is 0 Å². The predicted molar refractivity (Wildman–Crippen MR) is 106 cm³/mol. The minimum atomic E-state index is -0.810. The molecule has 1 aliphatic rings. The molecule has 0 aliphatic carbocycles. The number of ether oxygens (including phenoxy) is 1. The Balaban J connectivity index is 1.72. The Morgan fingerprint density at radius 2 is 1.79 bits per heavy atom. The van der Waals surface area contributed by atoms with Crippen LogP contribution >= 0.6 is 0 Å². The smallest absolute Gasteiger partial charge is 0.336 e. The molecule has 0 atom stereocenters. The monoisotopic (exact) mass is 388 g/mol. The molecule has 1 saturated heterocycles. The molecule has 0 bridgehead atoms. The van der Waals surface area contributed by atoms with Gasteiger partial charge in [0.15, 0.2) is 0 Å². The molecule has 1 aliphatic heterocycles. The fourth-order valence-corrected chi connectivity index (χ4v) is 3.02. The molecule has 8 nitrogen and oxygen atoms in total. The van der Waals surface area contributed by atoms with Gasteiger partial charge in [-0.1, -0.05) is 0 Å². The Hall–Kier alpha value is -4.20. The van der Waals surface area contributed by atoms with Crippen molar-refractivity contribution in [1.29, 1.82) is 0 Å². The Labute approximate surface area is 166 Å². The summed E-state index contributed by atoms with van der Waals surface area (Å²) in [5.41, 5.74) is 1.56. The fraction of sp³-hybridized carbons (Fsp3) is 0.0476. The molecule has 1 aromatic carbocycles. The number of carbonyl (C=O) groups is 3. The van der Waals surface area contributed by atoms with Gasteiger partial charge in [0.1, 0.15) is 11.3 Å². The van der Waals surface area contributed by atoms with E-state index < -0.39 is 17.8 Å². The summed E-state index contributed by atoms with van der Waals surface area (Å²) < 4.78 is 6.99. The molecule has 3 heterocycles. The van der Waals surface area contributed by atoms with E-state index in [9.17, 15) is 14.4 Å². The highest BCUT2D eigenvalue weighted by Gasteiger charge is 2.37. The first kappa shape index (κ1) is 18.2. The van der Waals surface area contributed by atoms with E-state index in [1.54, 1.807) is 31.4 Å². The van der Waals surface area contributed by atoms with Crippen LogP contribution in [0.3, 0.4) is 0 Å². The van der Waals surface area contributed by atoms with Gasteiger partial charge in [0.25, 0.3) is 11.8 Å². The molecule has 8 heteroatoms. The number of barbiturate groups is 1. The maximum atomic E-state index is 12.9. The van der Waals surface area contributed by atoms with Gasteiger partial charge in [-0.3, -0.25) is 19.9 Å². The highest BCUT2D eigenvalue weighted by Crippen LogP contribution is 2.23. The summed E-state index contributed by atoms with van der Waals surface area (Å²) >= 11 is 0. The van der Waals surface area contributed by atoms with Crippen molar-refractivity contribution in [2.45, 2.75) is 0 Å². The van der Waals surface area contributed by atoms with E-state index in [1.807, 2.05) is 35.0 Å². The molecule has 0 saturated carbocycles. The molecule has 1 fully saturated rings. The number of imide groups is 2. The van der Waals surface area contributed by atoms with E-state index in [4.69, 9.17) is 4.74 Å². The lowest BCUT2D eigenvalue weighted by atomic mass is 10.1. The van der Waals surface area contributed by atoms with Crippen molar-refractivity contribution in [3.05, 3.63) is 78.4 Å². The zero-order valence-corrected chi connectivity index (χ0v) is 15.4. The number of nitrogens with zero attached hydrogens (tertiary/aromatic N) is 3. The third-order valence-corrected chi connectivity index (χ3v) is 4.43. The number of hydrogen-bond acceptors (Lipinski definition) is 5. The molecule has 0 radical (unpaired) electrons. The van der Waals surface area contributed by atoms with Crippen LogP contribution in [0.5, 0.6) is 5.75 Å². The lowest BCUT2D eigenvalue weighted by Crippen LogP contribution is -2.54. The molecule has 0 unspecified atom stereocenters. The van der Waals surface area contributed by atoms with Crippen LogP contribution in [0, 0.1) is 0 Å². The van der Waals surface area contributed by atoms with Crippen molar-refractivity contribution in [2.24, 2.45) is 0 Å². The van der Waals surface area contributed by atoms with Crippen LogP contribution in [0.15, 0.2) is 72.7 Å². The lowest BCUT2D eigenvalue weighted by molar-refractivity contribution is -0.122. The number of hydrogen-bond donors (Lipinski definition) is 1. The molecule has 0 spiro atoms. The molecule has 1 N–H and O–H groups in total. The van der Waals surface area contributed by atoms with Gasteiger partial charge in [-0.25, -0.2) is 9.69 Å². The topological polar surface area (TPSA) is 93.5 Å². The highest BCUT2D eigenvalue weighted by atomic mass is 16.5. The molecule has 2 aromatic heterocycles. The predicted octanol–water partition coefficient (Wildman–Crippen LogP) is 2.55. The van der Waals surface area contributed by atoms with Crippen LogP contribution in [0.1, 0.15) is 5.69 Å². The van der Waals surface area contributed by atoms with Gasteiger partial charge in [0.05, 0.1) is 19.0 Å². The molecule has 4 amide bonds. The van der Waals surface area contributed by atoms with Crippen LogP contribution in [0.25, 0.3) is 11.8 Å². The number of anilines is 1. The average molecular weight is 388 g/mol. The number of pyridine rings is 1. The molecule has 144 valence electrons. The van der Waals surface area contributed by atoms with Crippen molar-refractivity contribution in [2.75, 3.05) is 12.0 Å². The number of amides is 4. The summed E-state index contributed by atoms with van der Waals surface area (Å²) in [7, 11) is 1.59. The third-order valence-electron chi connectivity index (χ3n) is 4.43. The Kier molecular flexibility index (Phi) is 4.66. The number of nitrogens with one attached hydrogen (secondary N) is 1. The van der Waals surface area contributed by atoms with Gasteiger partial charge in [-0.05, 0) is 54.6 Å². The van der Waals surface area contributed by atoms with Crippen molar-refractivity contribution < 1.29 is 19.1 Å². The van der Waals surface area contributed by atoms with Gasteiger partial charge in [-0.15, -0.1) is 0 Å². The van der Waals surface area contributed by atoms with Crippen LogP contribution in [0.2, 0.25) is 0 Å². The second-order valence-electron chi connectivity index (χ2n) is 6.17. The van der Waals surface area contributed by atoms with Crippen molar-refractivity contribution >= 4 is 29.6 Å². The highest BCUT2D eigenvalue weighted by molar-refractivity contribution is 6.39. The van der Waals surface area contributed by atoms with E-state index in [0.29, 0.717) is 11.4 Å². The summed E-state index contributed by atoms with van der Waals surface area (Å²) in [6.45, 7) is 0. The van der Waals surface area contributed by atoms with Gasteiger partial charge < -0.3 is 9.30 Å². The second-order valence-corrected chi connectivity index (χ2v) is 6.17. The van der Waals surface area contributed by atoms with E-state index in [1.165, 1.54) is 18.5 Å². The van der Waals surface area contributed by atoms with Gasteiger partial charge in [0.2, 0.25) is 0 Å². The number of carbonyl (C=O) groups excluding carboxylic acids is 3. The Morgan fingerprint density at radius 3 is 2.48 bits per heavy atom. The minimum Gasteiger partial charge on any atom is -0.497 e. The largest absolute Gasteiger partial charge is 0.497 e. The van der Waals surface area contributed by atoms with Crippen LogP contribution < -0.4 is 15.0 Å². The summed E-state index contributed by atoms with van der Waals surface area (Å²) in [5.74, 6) is -0.745. The summed E-state index contributed by atoms with van der Waals surface area (Å²) in [6, 6.07) is 13.3. The van der Waals surface area contributed by atoms with Crippen LogP contribution in [-0.2, 0) is 9.59 Å². The molecule has 4 rings (SSSR count). The molecular formula is C21H16N4O4. The Morgan fingerprint density at radius 1 is 1.00 bits per heavy atom. The number of rotatable bonds is 4. The van der Waals surface area contributed by atoms with E-state index in [2.05, 4.69) is 10.3 Å². The first-order chi connectivity index (χ1) is 14.1. The number of urea groups is 1. The Bertz CT molecular complexity index is 1120. The molecular weight excluding hydrogens is 372 g/mol. The minimum absolute atomic E-state index is 0.151. The van der Waals surface area contributed by atoms with Crippen LogP contribution in [-0.4, -0.2) is 34.5 Å². The van der Waals surface area contributed by atoms with Gasteiger partial charge in [0, 0.05) is 23.8 Å². The van der Waals surface area contributed by atoms with Crippen molar-refractivity contribution in [1.82, 2.24) is 14.9 Å². The maximum absolute atomic E-state index is 12.9. The standard InChI is InChI=1S/C21H16N4O4/c1-29-17-8-6-14(7-9-17)24-11-3-5-15(24)12-18-19(26)23-21(28)25(20(18)27)16-4-2-10-22-13-16/h2-13H,1H3,(H,23,26,28). The SMILES string of the molecule is COc1ccc(-n2cccc2C=C2C(=O)NC(=O)N(c3cccnc3)C2=O)cc1.